The molecule has 2 aromatic heterocycles. The SMILES string of the molecule is CC(=O)Nc1cc2onc(C(=O)Nc3ccc(C#N)cc3C(=O)O)c2cc1-c1ccncc1. The maximum Gasteiger partial charge on any atom is 0.337 e. The number of carboxylic acids is 1. The highest BCUT2D eigenvalue weighted by molar-refractivity contribution is 6.14. The smallest absolute Gasteiger partial charge is 0.337 e. The Balaban J connectivity index is 1.78. The molecule has 2 heterocycles. The lowest BCUT2D eigenvalue weighted by Crippen LogP contribution is -2.15. The van der Waals surface area contributed by atoms with Gasteiger partial charge in [0.05, 0.1) is 34.0 Å². The number of carboxylic acid groups (broad SMARTS) is 1. The first-order valence-electron chi connectivity index (χ1n) is 9.57. The van der Waals surface area contributed by atoms with E-state index in [4.69, 9.17) is 9.78 Å². The molecule has 0 fully saturated rings. The second kappa shape index (κ2) is 8.60. The zero-order valence-electron chi connectivity index (χ0n) is 17.1. The van der Waals surface area contributed by atoms with Crippen molar-refractivity contribution in [2.24, 2.45) is 0 Å². The van der Waals surface area contributed by atoms with Crippen LogP contribution in [0.15, 0.2) is 59.4 Å². The number of nitrogens with one attached hydrogen (secondary N) is 2. The maximum absolute atomic E-state index is 13.0. The van der Waals surface area contributed by atoms with Gasteiger partial charge in [0.2, 0.25) is 5.91 Å². The van der Waals surface area contributed by atoms with Crippen molar-refractivity contribution in [1.82, 2.24) is 10.1 Å². The topological polar surface area (TPSA) is 158 Å². The fourth-order valence-corrected chi connectivity index (χ4v) is 3.29. The van der Waals surface area contributed by atoms with Gasteiger partial charge < -0.3 is 20.3 Å². The Morgan fingerprint density at radius 2 is 1.79 bits per heavy atom. The van der Waals surface area contributed by atoms with Crippen LogP contribution < -0.4 is 10.6 Å². The summed E-state index contributed by atoms with van der Waals surface area (Å²) in [6.45, 7) is 1.37. The van der Waals surface area contributed by atoms with E-state index in [1.54, 1.807) is 36.7 Å². The van der Waals surface area contributed by atoms with E-state index < -0.39 is 11.9 Å². The monoisotopic (exact) mass is 441 g/mol. The third-order valence-corrected chi connectivity index (χ3v) is 4.75. The first-order valence-corrected chi connectivity index (χ1v) is 9.57. The van der Waals surface area contributed by atoms with E-state index in [1.165, 1.54) is 25.1 Å². The van der Waals surface area contributed by atoms with E-state index in [1.807, 2.05) is 6.07 Å². The summed E-state index contributed by atoms with van der Waals surface area (Å²) in [6, 6.07) is 12.4. The predicted molar refractivity (Wildman–Crippen MR) is 118 cm³/mol. The van der Waals surface area contributed by atoms with Crippen LogP contribution in [0, 0.1) is 11.3 Å². The number of aromatic nitrogens is 2. The van der Waals surface area contributed by atoms with Crippen LogP contribution in [0.5, 0.6) is 0 Å². The Hall–Kier alpha value is -5.04. The highest BCUT2D eigenvalue weighted by Gasteiger charge is 2.21. The van der Waals surface area contributed by atoms with Crippen molar-refractivity contribution in [2.45, 2.75) is 6.92 Å². The summed E-state index contributed by atoms with van der Waals surface area (Å²) in [7, 11) is 0. The fourth-order valence-electron chi connectivity index (χ4n) is 3.29. The van der Waals surface area contributed by atoms with Crippen molar-refractivity contribution in [1.29, 1.82) is 5.26 Å². The van der Waals surface area contributed by atoms with E-state index in [9.17, 15) is 19.5 Å². The minimum absolute atomic E-state index is 0.00636. The Bertz CT molecular complexity index is 1450. The summed E-state index contributed by atoms with van der Waals surface area (Å²) >= 11 is 0. The van der Waals surface area contributed by atoms with E-state index in [-0.39, 0.29) is 34.0 Å². The molecule has 0 saturated carbocycles. The summed E-state index contributed by atoms with van der Waals surface area (Å²) < 4.78 is 5.30. The van der Waals surface area contributed by atoms with Crippen molar-refractivity contribution in [3.05, 3.63) is 71.7 Å². The van der Waals surface area contributed by atoms with E-state index in [0.29, 0.717) is 16.6 Å². The zero-order chi connectivity index (χ0) is 23.5. The van der Waals surface area contributed by atoms with Crippen molar-refractivity contribution < 1.29 is 24.0 Å². The van der Waals surface area contributed by atoms with Gasteiger partial charge in [-0.25, -0.2) is 4.79 Å². The Morgan fingerprint density at radius 1 is 1.03 bits per heavy atom. The molecule has 0 atom stereocenters. The molecule has 0 aliphatic heterocycles. The van der Waals surface area contributed by atoms with E-state index >= 15 is 0 Å². The lowest BCUT2D eigenvalue weighted by Gasteiger charge is -2.11. The average Bonchev–Trinajstić information content (AvgIpc) is 3.21. The number of carbonyl (C=O) groups is 3. The van der Waals surface area contributed by atoms with Crippen LogP contribution in [0.4, 0.5) is 11.4 Å². The Morgan fingerprint density at radius 3 is 2.45 bits per heavy atom. The first-order chi connectivity index (χ1) is 15.9. The summed E-state index contributed by atoms with van der Waals surface area (Å²) in [5.74, 6) is -2.29. The van der Waals surface area contributed by atoms with Crippen LogP contribution in [0.2, 0.25) is 0 Å². The summed E-state index contributed by atoms with van der Waals surface area (Å²) in [5.41, 5.74) is 1.91. The van der Waals surface area contributed by atoms with Crippen molar-refractivity contribution >= 4 is 40.1 Å². The number of hydrogen-bond donors (Lipinski definition) is 3. The van der Waals surface area contributed by atoms with Crippen molar-refractivity contribution in [3.8, 4) is 17.2 Å². The number of amides is 2. The molecule has 4 rings (SSSR count). The maximum atomic E-state index is 13.0. The van der Waals surface area contributed by atoms with Crippen molar-refractivity contribution in [3.63, 3.8) is 0 Å². The number of rotatable bonds is 5. The molecule has 162 valence electrons. The number of benzene rings is 2. The third kappa shape index (κ3) is 4.24. The predicted octanol–water partition coefficient (Wildman–Crippen LogP) is 3.67. The van der Waals surface area contributed by atoms with Gasteiger partial charge in [0, 0.05) is 30.9 Å². The number of anilines is 2. The molecule has 33 heavy (non-hydrogen) atoms. The second-order valence-electron chi connectivity index (χ2n) is 6.97. The van der Waals surface area contributed by atoms with Gasteiger partial charge in [-0.15, -0.1) is 0 Å². The van der Waals surface area contributed by atoms with Crippen molar-refractivity contribution in [2.75, 3.05) is 10.6 Å². The van der Waals surface area contributed by atoms with Crippen LogP contribution in [-0.2, 0) is 4.79 Å². The normalized spacial score (nSPS) is 10.4. The molecular weight excluding hydrogens is 426 g/mol. The van der Waals surface area contributed by atoms with Gasteiger partial charge in [-0.2, -0.15) is 5.26 Å². The molecule has 4 aromatic rings. The van der Waals surface area contributed by atoms with Gasteiger partial charge in [0.1, 0.15) is 0 Å². The van der Waals surface area contributed by atoms with Gasteiger partial charge in [-0.3, -0.25) is 14.6 Å². The second-order valence-corrected chi connectivity index (χ2v) is 6.97. The van der Waals surface area contributed by atoms with Crippen LogP contribution in [-0.4, -0.2) is 33.0 Å². The number of carbonyl (C=O) groups excluding carboxylic acids is 2. The molecule has 0 unspecified atom stereocenters. The summed E-state index contributed by atoms with van der Waals surface area (Å²) in [5, 5.41) is 27.9. The van der Waals surface area contributed by atoms with Crippen LogP contribution >= 0.6 is 0 Å². The molecule has 0 bridgehead atoms. The number of aromatic carboxylic acids is 1. The standard InChI is InChI=1S/C23H15N5O5/c1-12(29)26-19-10-20-17(9-15(19)14-4-6-25-7-5-14)21(28-33-20)22(30)27-18-3-2-13(11-24)8-16(18)23(31)32/h2-10H,1H3,(H,26,29)(H,27,30)(H,31,32). The molecule has 0 saturated heterocycles. The number of nitriles is 1. The fraction of sp³-hybridized carbons (Fsp3) is 0.0435. The third-order valence-electron chi connectivity index (χ3n) is 4.75. The average molecular weight is 441 g/mol. The Kier molecular flexibility index (Phi) is 5.53. The molecule has 0 aliphatic carbocycles. The molecule has 2 amide bonds. The van der Waals surface area contributed by atoms with Crippen LogP contribution in [0.1, 0.15) is 33.3 Å². The molecular formula is C23H15N5O5. The number of hydrogen-bond acceptors (Lipinski definition) is 7. The number of pyridine rings is 1. The minimum Gasteiger partial charge on any atom is -0.478 e. The highest BCUT2D eigenvalue weighted by Crippen LogP contribution is 2.34. The van der Waals surface area contributed by atoms with Crippen LogP contribution in [0.25, 0.3) is 22.1 Å². The zero-order valence-corrected chi connectivity index (χ0v) is 17.1. The van der Waals surface area contributed by atoms with Gasteiger partial charge >= 0.3 is 5.97 Å². The van der Waals surface area contributed by atoms with Gasteiger partial charge in [0.15, 0.2) is 11.3 Å². The number of fused-ring (bicyclic) bond motifs is 1. The van der Waals surface area contributed by atoms with Gasteiger partial charge in [-0.05, 0) is 42.0 Å². The van der Waals surface area contributed by atoms with E-state index in [0.717, 1.165) is 5.56 Å². The largest absolute Gasteiger partial charge is 0.478 e. The summed E-state index contributed by atoms with van der Waals surface area (Å²) in [4.78, 5) is 40.2. The quantitative estimate of drug-likeness (QED) is 0.423. The summed E-state index contributed by atoms with van der Waals surface area (Å²) in [6.07, 6.45) is 3.19. The van der Waals surface area contributed by atoms with E-state index in [2.05, 4.69) is 20.8 Å². The molecule has 2 aromatic carbocycles. The molecule has 10 nitrogen and oxygen atoms in total. The van der Waals surface area contributed by atoms with Crippen LogP contribution in [0.3, 0.4) is 0 Å². The Labute approximate surface area is 186 Å². The molecule has 3 N–H and O–H groups in total. The lowest BCUT2D eigenvalue weighted by molar-refractivity contribution is -0.114. The van der Waals surface area contributed by atoms with Gasteiger partial charge in [0.25, 0.3) is 5.91 Å². The molecule has 0 aliphatic rings. The molecule has 10 heteroatoms. The molecule has 0 radical (unpaired) electrons. The molecule has 0 spiro atoms. The first kappa shape index (κ1) is 21.2. The highest BCUT2D eigenvalue weighted by atomic mass is 16.5. The number of nitrogens with zero attached hydrogens (tertiary/aromatic N) is 3. The lowest BCUT2D eigenvalue weighted by atomic mass is 10.0. The minimum atomic E-state index is -1.30. The van der Waals surface area contributed by atoms with Gasteiger partial charge in [-0.1, -0.05) is 5.16 Å².